The predicted molar refractivity (Wildman–Crippen MR) is 122 cm³/mol. The van der Waals surface area contributed by atoms with Crippen LogP contribution in [0.1, 0.15) is 46.8 Å². The lowest BCUT2D eigenvalue weighted by atomic mass is 9.94. The molecule has 0 aliphatic carbocycles. The number of carbonyl (C=O) groups excluding carboxylic acids is 2. The summed E-state index contributed by atoms with van der Waals surface area (Å²) >= 11 is 0. The number of H-pyrrole nitrogens is 1. The SMILES string of the molecule is COc1c(C)c2c(c(O)c1CC=C(C)CCC(=O)Nc1ccc3[nH]ccc3c1)C(=O)OC2. The monoisotopic (exact) mass is 434 g/mol. The molecule has 0 radical (unpaired) electrons. The number of benzene rings is 2. The van der Waals surface area contributed by atoms with Crippen molar-refractivity contribution in [3.63, 3.8) is 0 Å². The smallest absolute Gasteiger partial charge is 0.342 e. The van der Waals surface area contributed by atoms with Gasteiger partial charge in [0.15, 0.2) is 0 Å². The zero-order valence-corrected chi connectivity index (χ0v) is 18.4. The van der Waals surface area contributed by atoms with Crippen molar-refractivity contribution in [2.45, 2.75) is 39.7 Å². The molecule has 0 spiro atoms. The van der Waals surface area contributed by atoms with E-state index < -0.39 is 5.97 Å². The normalized spacial score (nSPS) is 13.2. The molecule has 166 valence electrons. The van der Waals surface area contributed by atoms with Crippen molar-refractivity contribution in [2.75, 3.05) is 12.4 Å². The van der Waals surface area contributed by atoms with Gasteiger partial charge in [0.1, 0.15) is 23.7 Å². The first kappa shape index (κ1) is 21.5. The van der Waals surface area contributed by atoms with Crippen molar-refractivity contribution in [3.05, 3.63) is 64.4 Å². The molecule has 7 heteroatoms. The van der Waals surface area contributed by atoms with E-state index in [-0.39, 0.29) is 23.8 Å². The zero-order valence-electron chi connectivity index (χ0n) is 18.4. The minimum atomic E-state index is -0.514. The average molecular weight is 434 g/mol. The van der Waals surface area contributed by atoms with E-state index in [9.17, 15) is 14.7 Å². The van der Waals surface area contributed by atoms with E-state index in [1.807, 2.05) is 50.4 Å². The molecule has 1 amide bonds. The molecule has 0 bridgehead atoms. The number of allylic oxidation sites excluding steroid dienone is 2. The topological polar surface area (TPSA) is 101 Å². The first-order valence-electron chi connectivity index (χ1n) is 10.5. The van der Waals surface area contributed by atoms with Crippen LogP contribution in [0.3, 0.4) is 0 Å². The molecule has 2 aromatic carbocycles. The molecule has 1 aromatic heterocycles. The Morgan fingerprint density at radius 3 is 2.91 bits per heavy atom. The summed E-state index contributed by atoms with van der Waals surface area (Å²) in [6, 6.07) is 7.70. The van der Waals surface area contributed by atoms with Gasteiger partial charge in [-0.15, -0.1) is 0 Å². The molecule has 2 heterocycles. The highest BCUT2D eigenvalue weighted by Gasteiger charge is 2.31. The van der Waals surface area contributed by atoms with Gasteiger partial charge in [-0.05, 0) is 56.5 Å². The number of anilines is 1. The molecule has 3 aromatic rings. The third kappa shape index (κ3) is 4.06. The van der Waals surface area contributed by atoms with E-state index in [1.54, 1.807) is 7.11 Å². The third-order valence-corrected chi connectivity index (χ3v) is 5.89. The molecule has 0 saturated heterocycles. The summed E-state index contributed by atoms with van der Waals surface area (Å²) in [5.74, 6) is -0.114. The lowest BCUT2D eigenvalue weighted by molar-refractivity contribution is -0.116. The number of rotatable bonds is 7. The van der Waals surface area contributed by atoms with E-state index in [4.69, 9.17) is 9.47 Å². The number of ether oxygens (including phenoxy) is 2. The fourth-order valence-electron chi connectivity index (χ4n) is 4.07. The Bertz CT molecular complexity index is 1240. The molecule has 32 heavy (non-hydrogen) atoms. The van der Waals surface area contributed by atoms with Crippen LogP contribution in [0.15, 0.2) is 42.1 Å². The first-order chi connectivity index (χ1) is 15.4. The summed E-state index contributed by atoms with van der Waals surface area (Å²) in [5, 5.41) is 14.7. The van der Waals surface area contributed by atoms with Gasteiger partial charge in [-0.2, -0.15) is 0 Å². The molecule has 3 N–H and O–H groups in total. The average Bonchev–Trinajstić information content (AvgIpc) is 3.40. The number of aromatic amines is 1. The van der Waals surface area contributed by atoms with Crippen LogP contribution in [-0.4, -0.2) is 29.1 Å². The Kier molecular flexibility index (Phi) is 5.90. The van der Waals surface area contributed by atoms with Crippen LogP contribution in [0.5, 0.6) is 11.5 Å². The summed E-state index contributed by atoms with van der Waals surface area (Å²) in [7, 11) is 1.54. The second-order valence-corrected chi connectivity index (χ2v) is 8.00. The van der Waals surface area contributed by atoms with Crippen molar-refractivity contribution in [1.82, 2.24) is 4.98 Å². The van der Waals surface area contributed by atoms with Crippen LogP contribution < -0.4 is 10.1 Å². The number of aromatic hydroxyl groups is 1. The lowest BCUT2D eigenvalue weighted by Crippen LogP contribution is -2.11. The molecule has 7 nitrogen and oxygen atoms in total. The quantitative estimate of drug-likeness (QED) is 0.367. The van der Waals surface area contributed by atoms with Gasteiger partial charge in [0, 0.05) is 40.3 Å². The van der Waals surface area contributed by atoms with Crippen LogP contribution in [0.25, 0.3) is 10.9 Å². The summed E-state index contributed by atoms with van der Waals surface area (Å²) in [6.45, 7) is 3.94. The van der Waals surface area contributed by atoms with Gasteiger partial charge in [-0.25, -0.2) is 4.79 Å². The van der Waals surface area contributed by atoms with Crippen LogP contribution in [0.2, 0.25) is 0 Å². The van der Waals surface area contributed by atoms with E-state index in [1.165, 1.54) is 0 Å². The van der Waals surface area contributed by atoms with E-state index in [0.717, 1.165) is 27.7 Å². The van der Waals surface area contributed by atoms with Gasteiger partial charge in [-0.1, -0.05) is 11.6 Å². The maximum Gasteiger partial charge on any atom is 0.342 e. The fourth-order valence-corrected chi connectivity index (χ4v) is 4.07. The maximum atomic E-state index is 12.4. The largest absolute Gasteiger partial charge is 0.507 e. The zero-order chi connectivity index (χ0) is 22.8. The number of methoxy groups -OCH3 is 1. The number of phenols is 1. The van der Waals surface area contributed by atoms with Gasteiger partial charge in [0.2, 0.25) is 5.91 Å². The summed E-state index contributed by atoms with van der Waals surface area (Å²) < 4.78 is 10.6. The number of fused-ring (bicyclic) bond motifs is 2. The van der Waals surface area contributed by atoms with Crippen LogP contribution in [0, 0.1) is 6.92 Å². The number of esters is 1. The second kappa shape index (κ2) is 8.78. The Morgan fingerprint density at radius 2 is 2.12 bits per heavy atom. The van der Waals surface area contributed by atoms with Crippen LogP contribution >= 0.6 is 0 Å². The standard InChI is InChI=1S/C25H26N2O5/c1-14(5-9-21(28)27-17-6-8-20-16(12-17)10-11-26-20)4-7-18-23(29)22-19(13-32-25(22)30)15(2)24(18)31-3/h4,6,8,10-12,26,29H,5,7,9,13H2,1-3H3,(H,27,28). The van der Waals surface area contributed by atoms with Gasteiger partial charge in [0.25, 0.3) is 0 Å². The van der Waals surface area contributed by atoms with Crippen LogP contribution in [-0.2, 0) is 22.6 Å². The minimum Gasteiger partial charge on any atom is -0.507 e. The number of hydrogen-bond acceptors (Lipinski definition) is 5. The number of cyclic esters (lactones) is 1. The highest BCUT2D eigenvalue weighted by molar-refractivity contribution is 5.98. The second-order valence-electron chi connectivity index (χ2n) is 8.00. The van der Waals surface area contributed by atoms with Crippen molar-refractivity contribution < 1.29 is 24.2 Å². The van der Waals surface area contributed by atoms with E-state index >= 15 is 0 Å². The molecule has 1 aliphatic rings. The molecule has 0 saturated carbocycles. The van der Waals surface area contributed by atoms with Gasteiger partial charge >= 0.3 is 5.97 Å². The molecule has 1 aliphatic heterocycles. The Balaban J connectivity index is 1.41. The van der Waals surface area contributed by atoms with E-state index in [2.05, 4.69) is 10.3 Å². The molecular weight excluding hydrogens is 408 g/mol. The number of amides is 1. The number of hydrogen-bond donors (Lipinski definition) is 3. The van der Waals surface area contributed by atoms with Crippen LogP contribution in [0.4, 0.5) is 5.69 Å². The maximum absolute atomic E-state index is 12.4. The fraction of sp³-hybridized carbons (Fsp3) is 0.280. The molecule has 0 atom stereocenters. The highest BCUT2D eigenvalue weighted by Crippen LogP contribution is 2.42. The van der Waals surface area contributed by atoms with Crippen molar-refractivity contribution in [3.8, 4) is 11.5 Å². The Labute approximate surface area is 186 Å². The van der Waals surface area contributed by atoms with E-state index in [0.29, 0.717) is 36.1 Å². The minimum absolute atomic E-state index is 0.0656. The molecule has 0 unspecified atom stereocenters. The molecular formula is C25H26N2O5. The van der Waals surface area contributed by atoms with Gasteiger partial charge in [0.05, 0.1) is 7.11 Å². The van der Waals surface area contributed by atoms with Crippen molar-refractivity contribution in [2.24, 2.45) is 0 Å². The van der Waals surface area contributed by atoms with Gasteiger partial charge in [-0.3, -0.25) is 4.79 Å². The van der Waals surface area contributed by atoms with Crippen molar-refractivity contribution >= 4 is 28.5 Å². The lowest BCUT2D eigenvalue weighted by Gasteiger charge is -2.15. The number of phenolic OH excluding ortho intramolecular Hbond substituents is 1. The summed E-state index contributed by atoms with van der Waals surface area (Å²) in [6.07, 6.45) is 5.11. The highest BCUT2D eigenvalue weighted by atomic mass is 16.5. The Morgan fingerprint density at radius 1 is 1.31 bits per heavy atom. The number of aromatic nitrogens is 1. The number of nitrogens with one attached hydrogen (secondary N) is 2. The molecule has 0 fully saturated rings. The summed E-state index contributed by atoms with van der Waals surface area (Å²) in [5.41, 5.74) is 5.03. The first-order valence-corrected chi connectivity index (χ1v) is 10.5. The molecule has 4 rings (SSSR count). The van der Waals surface area contributed by atoms with Crippen molar-refractivity contribution in [1.29, 1.82) is 0 Å². The summed E-state index contributed by atoms with van der Waals surface area (Å²) in [4.78, 5) is 27.5. The number of carbonyl (C=O) groups is 2. The third-order valence-electron chi connectivity index (χ3n) is 5.89. The predicted octanol–water partition coefficient (Wildman–Crippen LogP) is 4.77. The van der Waals surface area contributed by atoms with Gasteiger partial charge < -0.3 is 24.9 Å². The Hall–Kier alpha value is -3.74.